The Bertz CT molecular complexity index is 696. The fourth-order valence-corrected chi connectivity index (χ4v) is 3.99. The van der Waals surface area contributed by atoms with Crippen molar-refractivity contribution in [2.24, 2.45) is 0 Å². The molecular formula is C21H28N4. The summed E-state index contributed by atoms with van der Waals surface area (Å²) in [6.45, 7) is 9.96. The van der Waals surface area contributed by atoms with E-state index in [0.717, 1.165) is 25.6 Å². The van der Waals surface area contributed by atoms with Gasteiger partial charge < -0.3 is 4.90 Å². The number of rotatable bonds is 4. The van der Waals surface area contributed by atoms with Crippen LogP contribution >= 0.6 is 0 Å². The second kappa shape index (κ2) is 6.41. The van der Waals surface area contributed by atoms with Gasteiger partial charge in [-0.15, -0.1) is 0 Å². The lowest BCUT2D eigenvalue weighted by molar-refractivity contribution is 0.122. The summed E-state index contributed by atoms with van der Waals surface area (Å²) in [6, 6.07) is 12.2. The summed E-state index contributed by atoms with van der Waals surface area (Å²) in [6.07, 6.45) is 6.33. The topological polar surface area (TPSA) is 32.3 Å². The molecule has 25 heavy (non-hydrogen) atoms. The first-order valence-electron chi connectivity index (χ1n) is 9.42. The van der Waals surface area contributed by atoms with Crippen LogP contribution in [0.25, 0.3) is 0 Å². The third-order valence-corrected chi connectivity index (χ3v) is 5.95. The van der Waals surface area contributed by atoms with E-state index in [4.69, 9.17) is 0 Å². The standard InChI is InChI=1S/C21H28N4/c1-16-13-24(20-22-11-4-12-23-20)14-17(2)25(16)15-18-5-7-19(8-6-18)21(3)9-10-21/h4-8,11-12,16-17H,9-10,13-15H2,1-3H3. The molecule has 2 atom stereocenters. The lowest BCUT2D eigenvalue weighted by Gasteiger charge is -2.44. The average molecular weight is 336 g/mol. The van der Waals surface area contributed by atoms with Crippen molar-refractivity contribution < 1.29 is 0 Å². The molecule has 1 aromatic heterocycles. The van der Waals surface area contributed by atoms with Crippen LogP contribution in [0.15, 0.2) is 42.7 Å². The van der Waals surface area contributed by atoms with Gasteiger partial charge in [0, 0.05) is 44.1 Å². The Morgan fingerprint density at radius 1 is 1.00 bits per heavy atom. The minimum Gasteiger partial charge on any atom is -0.338 e. The first-order valence-corrected chi connectivity index (χ1v) is 9.42. The second-order valence-corrected chi connectivity index (χ2v) is 8.08. The van der Waals surface area contributed by atoms with Gasteiger partial charge in [0.25, 0.3) is 0 Å². The minimum atomic E-state index is 0.459. The van der Waals surface area contributed by atoms with Crippen molar-refractivity contribution >= 4 is 5.95 Å². The van der Waals surface area contributed by atoms with Gasteiger partial charge in [-0.25, -0.2) is 9.97 Å². The molecule has 4 heteroatoms. The molecule has 2 heterocycles. The first-order chi connectivity index (χ1) is 12.0. The molecule has 2 aliphatic rings. The molecule has 4 rings (SSSR count). The van der Waals surface area contributed by atoms with E-state index in [9.17, 15) is 0 Å². The zero-order valence-electron chi connectivity index (χ0n) is 15.5. The predicted octanol–water partition coefficient (Wildman–Crippen LogP) is 3.63. The summed E-state index contributed by atoms with van der Waals surface area (Å²) in [5, 5.41) is 0. The van der Waals surface area contributed by atoms with E-state index < -0.39 is 0 Å². The Labute approximate surface area is 150 Å². The number of aromatic nitrogens is 2. The highest BCUT2D eigenvalue weighted by Crippen LogP contribution is 2.47. The molecule has 1 saturated carbocycles. The van der Waals surface area contributed by atoms with Gasteiger partial charge in [0.05, 0.1) is 0 Å². The van der Waals surface area contributed by atoms with Crippen molar-refractivity contribution in [3.63, 3.8) is 0 Å². The van der Waals surface area contributed by atoms with Gasteiger partial charge in [-0.05, 0) is 49.3 Å². The first kappa shape index (κ1) is 16.5. The molecule has 0 bridgehead atoms. The summed E-state index contributed by atoms with van der Waals surface area (Å²) in [5.74, 6) is 0.850. The number of anilines is 1. The van der Waals surface area contributed by atoms with Gasteiger partial charge in [0.2, 0.25) is 5.95 Å². The smallest absolute Gasteiger partial charge is 0.225 e. The molecule has 2 aromatic rings. The van der Waals surface area contributed by atoms with E-state index in [1.54, 1.807) is 0 Å². The lowest BCUT2D eigenvalue weighted by Crippen LogP contribution is -2.56. The Hall–Kier alpha value is -1.94. The molecule has 2 fully saturated rings. The van der Waals surface area contributed by atoms with E-state index in [1.807, 2.05) is 18.5 Å². The van der Waals surface area contributed by atoms with Crippen LogP contribution in [-0.4, -0.2) is 40.0 Å². The number of hydrogen-bond donors (Lipinski definition) is 0. The van der Waals surface area contributed by atoms with Crippen LogP contribution < -0.4 is 4.90 Å². The van der Waals surface area contributed by atoms with Crippen molar-refractivity contribution in [2.45, 2.75) is 57.7 Å². The summed E-state index contributed by atoms with van der Waals surface area (Å²) in [4.78, 5) is 13.7. The van der Waals surface area contributed by atoms with Crippen molar-refractivity contribution in [1.82, 2.24) is 14.9 Å². The zero-order chi connectivity index (χ0) is 17.4. The monoisotopic (exact) mass is 336 g/mol. The van der Waals surface area contributed by atoms with Crippen LogP contribution in [0, 0.1) is 0 Å². The van der Waals surface area contributed by atoms with Gasteiger partial charge >= 0.3 is 0 Å². The van der Waals surface area contributed by atoms with Gasteiger partial charge in [0.15, 0.2) is 0 Å². The fourth-order valence-electron chi connectivity index (χ4n) is 3.99. The third kappa shape index (κ3) is 3.40. The van der Waals surface area contributed by atoms with Crippen molar-refractivity contribution in [2.75, 3.05) is 18.0 Å². The molecular weight excluding hydrogens is 308 g/mol. The number of hydrogen-bond acceptors (Lipinski definition) is 4. The highest BCUT2D eigenvalue weighted by Gasteiger charge is 2.38. The lowest BCUT2D eigenvalue weighted by atomic mass is 9.97. The molecule has 1 aromatic carbocycles. The maximum Gasteiger partial charge on any atom is 0.225 e. The Kier molecular flexibility index (Phi) is 4.24. The van der Waals surface area contributed by atoms with Crippen molar-refractivity contribution in [3.05, 3.63) is 53.9 Å². The van der Waals surface area contributed by atoms with Gasteiger partial charge in [0.1, 0.15) is 0 Å². The zero-order valence-corrected chi connectivity index (χ0v) is 15.5. The van der Waals surface area contributed by atoms with E-state index in [0.29, 0.717) is 17.5 Å². The van der Waals surface area contributed by atoms with E-state index >= 15 is 0 Å². The fraction of sp³-hybridized carbons (Fsp3) is 0.524. The van der Waals surface area contributed by atoms with Crippen molar-refractivity contribution in [1.29, 1.82) is 0 Å². The second-order valence-electron chi connectivity index (χ2n) is 8.08. The van der Waals surface area contributed by atoms with Gasteiger partial charge in [-0.1, -0.05) is 31.2 Å². The predicted molar refractivity (Wildman–Crippen MR) is 102 cm³/mol. The Morgan fingerprint density at radius 2 is 1.60 bits per heavy atom. The van der Waals surface area contributed by atoms with E-state index in [2.05, 4.69) is 64.8 Å². The minimum absolute atomic E-state index is 0.459. The Morgan fingerprint density at radius 3 is 2.16 bits per heavy atom. The van der Waals surface area contributed by atoms with Crippen LogP contribution in [0.2, 0.25) is 0 Å². The van der Waals surface area contributed by atoms with Crippen molar-refractivity contribution in [3.8, 4) is 0 Å². The van der Waals surface area contributed by atoms with Crippen LogP contribution in [0.3, 0.4) is 0 Å². The van der Waals surface area contributed by atoms with E-state index in [1.165, 1.54) is 24.0 Å². The SMILES string of the molecule is CC1CN(c2ncccn2)CC(C)N1Cc1ccc(C2(C)CC2)cc1. The van der Waals surface area contributed by atoms with E-state index in [-0.39, 0.29) is 0 Å². The molecule has 4 nitrogen and oxygen atoms in total. The van der Waals surface area contributed by atoms with Crippen LogP contribution in [0.5, 0.6) is 0 Å². The summed E-state index contributed by atoms with van der Waals surface area (Å²) < 4.78 is 0. The van der Waals surface area contributed by atoms with Crippen LogP contribution in [0.4, 0.5) is 5.95 Å². The number of nitrogens with zero attached hydrogens (tertiary/aromatic N) is 4. The molecule has 0 spiro atoms. The average Bonchev–Trinajstić information content (AvgIpc) is 3.38. The molecule has 1 aliphatic carbocycles. The highest BCUT2D eigenvalue weighted by atomic mass is 15.3. The quantitative estimate of drug-likeness (QED) is 0.853. The van der Waals surface area contributed by atoms with Crippen LogP contribution in [-0.2, 0) is 12.0 Å². The molecule has 132 valence electrons. The summed E-state index contributed by atoms with van der Waals surface area (Å²) in [7, 11) is 0. The highest BCUT2D eigenvalue weighted by molar-refractivity contribution is 5.33. The van der Waals surface area contributed by atoms with Crippen LogP contribution in [0.1, 0.15) is 44.7 Å². The normalized spacial score (nSPS) is 25.8. The molecule has 1 saturated heterocycles. The summed E-state index contributed by atoms with van der Waals surface area (Å²) in [5.41, 5.74) is 3.37. The van der Waals surface area contributed by atoms with Gasteiger partial charge in [-0.3, -0.25) is 4.90 Å². The maximum absolute atomic E-state index is 4.42. The molecule has 0 amide bonds. The Balaban J connectivity index is 1.43. The van der Waals surface area contributed by atoms with Gasteiger partial charge in [-0.2, -0.15) is 0 Å². The summed E-state index contributed by atoms with van der Waals surface area (Å²) >= 11 is 0. The largest absolute Gasteiger partial charge is 0.338 e. The molecule has 0 N–H and O–H groups in total. The number of piperazine rings is 1. The molecule has 1 aliphatic heterocycles. The molecule has 2 unspecified atom stereocenters. The number of benzene rings is 1. The third-order valence-electron chi connectivity index (χ3n) is 5.95. The molecule has 0 radical (unpaired) electrons. The maximum atomic E-state index is 4.42.